The Labute approximate surface area is 147 Å². The summed E-state index contributed by atoms with van der Waals surface area (Å²) in [5.41, 5.74) is 4.36. The van der Waals surface area contributed by atoms with E-state index in [1.54, 1.807) is 12.1 Å². The average Bonchev–Trinajstić information content (AvgIpc) is 2.67. The maximum atomic E-state index is 12.6. The molecule has 0 bridgehead atoms. The molecule has 1 amide bonds. The van der Waals surface area contributed by atoms with Crippen LogP contribution in [0.25, 0.3) is 0 Å². The molecule has 0 unspecified atom stereocenters. The first kappa shape index (κ1) is 16.5. The van der Waals surface area contributed by atoms with Crippen LogP contribution >= 0.6 is 0 Å². The zero-order valence-electron chi connectivity index (χ0n) is 13.8. The van der Waals surface area contributed by atoms with Gasteiger partial charge in [0.2, 0.25) is 0 Å². The topological polar surface area (TPSA) is 52.9 Å². The van der Waals surface area contributed by atoms with Crippen LogP contribution in [0.4, 0.5) is 0 Å². The third-order valence-electron chi connectivity index (χ3n) is 4.01. The lowest BCUT2D eigenvalue weighted by Gasteiger charge is -2.11. The van der Waals surface area contributed by atoms with Crippen molar-refractivity contribution in [2.45, 2.75) is 13.0 Å². The fourth-order valence-corrected chi connectivity index (χ4v) is 2.74. The van der Waals surface area contributed by atoms with Gasteiger partial charge in [-0.1, -0.05) is 60.7 Å². The first-order chi connectivity index (χ1) is 12.3. The van der Waals surface area contributed by atoms with Crippen LogP contribution in [-0.2, 0) is 13.0 Å². The molecule has 3 rings (SSSR count). The molecule has 0 spiro atoms. The van der Waals surface area contributed by atoms with Crippen LogP contribution in [0.3, 0.4) is 0 Å². The van der Waals surface area contributed by atoms with Gasteiger partial charge in [0.1, 0.15) is 0 Å². The van der Waals surface area contributed by atoms with Crippen molar-refractivity contribution >= 4 is 5.91 Å². The maximum Gasteiger partial charge on any atom is 0.251 e. The van der Waals surface area contributed by atoms with Crippen LogP contribution in [0.2, 0.25) is 0 Å². The Morgan fingerprint density at radius 2 is 1.60 bits per heavy atom. The second kappa shape index (κ2) is 7.94. The summed E-state index contributed by atoms with van der Waals surface area (Å²) in [6.07, 6.45) is 0.717. The third-order valence-corrected chi connectivity index (χ3v) is 4.01. The van der Waals surface area contributed by atoms with Gasteiger partial charge in [0.25, 0.3) is 5.91 Å². The number of benzene rings is 3. The highest BCUT2D eigenvalue weighted by atomic mass is 16.1. The number of carbonyl (C=O) groups is 1. The van der Waals surface area contributed by atoms with E-state index in [0.717, 1.165) is 11.1 Å². The van der Waals surface area contributed by atoms with Crippen LogP contribution in [-0.4, -0.2) is 5.91 Å². The predicted molar refractivity (Wildman–Crippen MR) is 98.0 cm³/mol. The second-order valence-electron chi connectivity index (χ2n) is 5.81. The average molecular weight is 326 g/mol. The zero-order chi connectivity index (χ0) is 17.5. The van der Waals surface area contributed by atoms with Gasteiger partial charge in [-0.05, 0) is 41.3 Å². The molecule has 0 aromatic heterocycles. The summed E-state index contributed by atoms with van der Waals surface area (Å²) >= 11 is 0. The van der Waals surface area contributed by atoms with E-state index in [-0.39, 0.29) is 5.91 Å². The molecule has 0 aliphatic carbocycles. The minimum Gasteiger partial charge on any atom is -0.348 e. The Hall–Kier alpha value is -3.38. The highest BCUT2D eigenvalue weighted by Crippen LogP contribution is 2.15. The highest BCUT2D eigenvalue weighted by Gasteiger charge is 2.11. The molecule has 0 radical (unpaired) electrons. The Bertz CT molecular complexity index is 911. The molecular weight excluding hydrogens is 308 g/mol. The van der Waals surface area contributed by atoms with E-state index in [2.05, 4.69) is 23.5 Å². The van der Waals surface area contributed by atoms with E-state index in [4.69, 9.17) is 5.26 Å². The Kier molecular flexibility index (Phi) is 5.23. The van der Waals surface area contributed by atoms with E-state index < -0.39 is 0 Å². The summed E-state index contributed by atoms with van der Waals surface area (Å²) in [6, 6.07) is 27.1. The van der Waals surface area contributed by atoms with Gasteiger partial charge in [-0.2, -0.15) is 5.26 Å². The summed E-state index contributed by atoms with van der Waals surface area (Å²) in [7, 11) is 0. The summed E-state index contributed by atoms with van der Waals surface area (Å²) in [4.78, 5) is 12.6. The first-order valence-electron chi connectivity index (χ1n) is 8.15. The summed E-state index contributed by atoms with van der Waals surface area (Å²) < 4.78 is 0. The van der Waals surface area contributed by atoms with E-state index in [1.165, 1.54) is 5.56 Å². The number of rotatable bonds is 5. The number of carbonyl (C=O) groups excluding carboxylic acids is 1. The van der Waals surface area contributed by atoms with Crippen molar-refractivity contribution in [3.8, 4) is 6.07 Å². The first-order valence-corrected chi connectivity index (χ1v) is 8.15. The standard InChI is InChI=1S/C22H18N2O/c23-15-18-9-6-10-19(13-18)16-24-22(25)21-12-5-4-11-20(21)14-17-7-2-1-3-8-17/h1-13H,14,16H2,(H,24,25). The molecular formula is C22H18N2O. The maximum absolute atomic E-state index is 12.6. The van der Waals surface area contributed by atoms with Gasteiger partial charge in [-0.25, -0.2) is 0 Å². The molecule has 0 heterocycles. The van der Waals surface area contributed by atoms with Crippen molar-refractivity contribution in [2.75, 3.05) is 0 Å². The molecule has 0 atom stereocenters. The number of nitriles is 1. The Morgan fingerprint density at radius 3 is 2.40 bits per heavy atom. The number of amides is 1. The van der Waals surface area contributed by atoms with Crippen LogP contribution in [0.1, 0.15) is 32.6 Å². The largest absolute Gasteiger partial charge is 0.348 e. The lowest BCUT2D eigenvalue weighted by molar-refractivity contribution is 0.0950. The second-order valence-corrected chi connectivity index (χ2v) is 5.81. The SMILES string of the molecule is N#Cc1cccc(CNC(=O)c2ccccc2Cc2ccccc2)c1. The van der Waals surface area contributed by atoms with E-state index >= 15 is 0 Å². The molecule has 0 saturated carbocycles. The fourth-order valence-electron chi connectivity index (χ4n) is 2.74. The molecule has 25 heavy (non-hydrogen) atoms. The molecule has 3 nitrogen and oxygen atoms in total. The molecule has 3 aromatic rings. The lowest BCUT2D eigenvalue weighted by Crippen LogP contribution is -2.24. The van der Waals surface area contributed by atoms with Crippen molar-refractivity contribution in [3.63, 3.8) is 0 Å². The number of nitrogens with zero attached hydrogens (tertiary/aromatic N) is 1. The molecule has 3 aromatic carbocycles. The van der Waals surface area contributed by atoms with Crippen molar-refractivity contribution in [3.05, 3.63) is 107 Å². The van der Waals surface area contributed by atoms with Gasteiger partial charge in [-0.15, -0.1) is 0 Å². The Balaban J connectivity index is 1.73. The molecule has 0 aliphatic heterocycles. The third kappa shape index (κ3) is 4.33. The smallest absolute Gasteiger partial charge is 0.251 e. The van der Waals surface area contributed by atoms with E-state index in [9.17, 15) is 4.79 Å². The van der Waals surface area contributed by atoms with Gasteiger partial charge < -0.3 is 5.32 Å². The van der Waals surface area contributed by atoms with Gasteiger partial charge in [-0.3, -0.25) is 4.79 Å². The van der Waals surface area contributed by atoms with Gasteiger partial charge in [0, 0.05) is 12.1 Å². The molecule has 122 valence electrons. The molecule has 0 aliphatic rings. The van der Waals surface area contributed by atoms with E-state index in [1.807, 2.05) is 54.6 Å². The van der Waals surface area contributed by atoms with Crippen molar-refractivity contribution in [1.29, 1.82) is 5.26 Å². The fraction of sp³-hybridized carbons (Fsp3) is 0.0909. The summed E-state index contributed by atoms with van der Waals surface area (Å²) in [5.74, 6) is -0.103. The number of nitrogens with one attached hydrogen (secondary N) is 1. The number of hydrogen-bond donors (Lipinski definition) is 1. The monoisotopic (exact) mass is 326 g/mol. The lowest BCUT2D eigenvalue weighted by atomic mass is 9.99. The minimum atomic E-state index is -0.103. The van der Waals surface area contributed by atoms with E-state index in [0.29, 0.717) is 24.1 Å². The van der Waals surface area contributed by atoms with Crippen molar-refractivity contribution in [1.82, 2.24) is 5.32 Å². The quantitative estimate of drug-likeness (QED) is 0.768. The molecule has 1 N–H and O–H groups in total. The molecule has 3 heteroatoms. The van der Waals surface area contributed by atoms with Crippen LogP contribution in [0.5, 0.6) is 0 Å². The molecule has 0 saturated heterocycles. The van der Waals surface area contributed by atoms with Gasteiger partial charge in [0.05, 0.1) is 11.6 Å². The van der Waals surface area contributed by atoms with Gasteiger partial charge in [0.15, 0.2) is 0 Å². The van der Waals surface area contributed by atoms with Crippen molar-refractivity contribution in [2.24, 2.45) is 0 Å². The minimum absolute atomic E-state index is 0.103. The zero-order valence-corrected chi connectivity index (χ0v) is 13.8. The Morgan fingerprint density at radius 1 is 0.880 bits per heavy atom. The summed E-state index contributed by atoms with van der Waals surface area (Å²) in [6.45, 7) is 0.397. The van der Waals surface area contributed by atoms with Crippen LogP contribution in [0.15, 0.2) is 78.9 Å². The predicted octanol–water partition coefficient (Wildman–Crippen LogP) is 4.08. The van der Waals surface area contributed by atoms with Crippen LogP contribution < -0.4 is 5.32 Å². The molecule has 0 fully saturated rings. The summed E-state index contributed by atoms with van der Waals surface area (Å²) in [5, 5.41) is 11.9. The normalized spacial score (nSPS) is 10.0. The number of hydrogen-bond acceptors (Lipinski definition) is 2. The van der Waals surface area contributed by atoms with Crippen molar-refractivity contribution < 1.29 is 4.79 Å². The van der Waals surface area contributed by atoms with Gasteiger partial charge >= 0.3 is 0 Å². The highest BCUT2D eigenvalue weighted by molar-refractivity contribution is 5.95. The van der Waals surface area contributed by atoms with Crippen LogP contribution in [0, 0.1) is 11.3 Å².